The number of hydrogen-bond acceptors (Lipinski definition) is 3. The molecule has 3 aliphatic rings. The monoisotopic (exact) mass is 250 g/mol. The van der Waals surface area contributed by atoms with Crippen LogP contribution in [0.4, 0.5) is 0 Å². The molecule has 4 heterocycles. The molecule has 3 saturated heterocycles. The van der Waals surface area contributed by atoms with Crippen LogP contribution in [0.25, 0.3) is 0 Å². The fourth-order valence-corrected chi connectivity index (χ4v) is 3.70. The maximum absolute atomic E-state index is 12.1. The van der Waals surface area contributed by atoms with Crippen LogP contribution in [0.3, 0.4) is 0 Å². The summed E-state index contributed by atoms with van der Waals surface area (Å²) in [6.07, 6.45) is 2.49. The number of nitrogens with zero attached hydrogens (tertiary/aromatic N) is 1. The summed E-state index contributed by atoms with van der Waals surface area (Å²) in [5, 5.41) is 3.21. The van der Waals surface area contributed by atoms with E-state index < -0.39 is 0 Å². The molecule has 17 heavy (non-hydrogen) atoms. The van der Waals surface area contributed by atoms with Crippen LogP contribution in [0.5, 0.6) is 0 Å². The fourth-order valence-electron chi connectivity index (χ4n) is 2.92. The van der Waals surface area contributed by atoms with Crippen molar-refractivity contribution in [2.75, 3.05) is 19.6 Å². The van der Waals surface area contributed by atoms with Crippen LogP contribution in [0, 0.1) is 12.8 Å². The maximum Gasteiger partial charge on any atom is 0.261 e. The van der Waals surface area contributed by atoms with Crippen LogP contribution in [-0.4, -0.2) is 36.5 Å². The van der Waals surface area contributed by atoms with Gasteiger partial charge in [-0.25, -0.2) is 0 Å². The Bertz CT molecular complexity index is 421. The highest BCUT2D eigenvalue weighted by atomic mass is 32.1. The lowest BCUT2D eigenvalue weighted by atomic mass is 9.84. The normalized spacial score (nSPS) is 31.5. The smallest absolute Gasteiger partial charge is 0.261 e. The lowest BCUT2D eigenvalue weighted by molar-refractivity contribution is 0.0622. The SMILES string of the molecule is Cc1ccc(C(=O)N[C@H]2CN3CCC2CC3)s1. The molecule has 3 aliphatic heterocycles. The molecular weight excluding hydrogens is 232 g/mol. The summed E-state index contributed by atoms with van der Waals surface area (Å²) in [5.41, 5.74) is 0. The van der Waals surface area contributed by atoms with Crippen molar-refractivity contribution in [2.24, 2.45) is 5.92 Å². The Morgan fingerprint density at radius 3 is 2.71 bits per heavy atom. The molecule has 1 amide bonds. The van der Waals surface area contributed by atoms with Gasteiger partial charge in [0.15, 0.2) is 0 Å². The summed E-state index contributed by atoms with van der Waals surface area (Å²) >= 11 is 1.58. The van der Waals surface area contributed by atoms with Crippen molar-refractivity contribution < 1.29 is 4.79 Å². The number of thiophene rings is 1. The standard InChI is InChI=1S/C13H18N2OS/c1-9-2-3-12(17-9)13(16)14-11-8-15-6-4-10(11)5-7-15/h2-3,10-11H,4-8H2,1H3,(H,14,16)/t11-/m0/s1. The number of carbonyl (C=O) groups is 1. The number of piperidine rings is 3. The molecule has 0 saturated carbocycles. The predicted octanol–water partition coefficient (Wildman–Crippen LogP) is 1.88. The quantitative estimate of drug-likeness (QED) is 0.869. The highest BCUT2D eigenvalue weighted by molar-refractivity contribution is 7.13. The second-order valence-electron chi connectivity index (χ2n) is 5.13. The molecule has 92 valence electrons. The first-order valence-electron chi connectivity index (χ1n) is 6.32. The first kappa shape index (κ1) is 11.2. The van der Waals surface area contributed by atoms with Crippen LogP contribution in [0.15, 0.2) is 12.1 Å². The van der Waals surface area contributed by atoms with E-state index in [1.54, 1.807) is 11.3 Å². The molecule has 4 heteroatoms. The minimum Gasteiger partial charge on any atom is -0.347 e. The summed E-state index contributed by atoms with van der Waals surface area (Å²) in [6, 6.07) is 4.31. The van der Waals surface area contributed by atoms with E-state index in [-0.39, 0.29) is 5.91 Å². The molecule has 0 unspecified atom stereocenters. The van der Waals surface area contributed by atoms with Gasteiger partial charge >= 0.3 is 0 Å². The highest BCUT2D eigenvalue weighted by Gasteiger charge is 2.34. The van der Waals surface area contributed by atoms with Crippen molar-refractivity contribution in [1.29, 1.82) is 0 Å². The highest BCUT2D eigenvalue weighted by Crippen LogP contribution is 2.28. The van der Waals surface area contributed by atoms with Crippen molar-refractivity contribution >= 4 is 17.2 Å². The van der Waals surface area contributed by atoms with Gasteiger partial charge in [-0.1, -0.05) is 0 Å². The second-order valence-corrected chi connectivity index (χ2v) is 6.42. The number of aryl methyl sites for hydroxylation is 1. The third-order valence-electron chi connectivity index (χ3n) is 3.94. The number of fused-ring (bicyclic) bond motifs is 3. The molecule has 3 nitrogen and oxygen atoms in total. The molecule has 1 atom stereocenters. The minimum atomic E-state index is 0.113. The molecule has 4 rings (SSSR count). The Labute approximate surface area is 106 Å². The molecule has 0 aliphatic carbocycles. The summed E-state index contributed by atoms with van der Waals surface area (Å²) < 4.78 is 0. The van der Waals surface area contributed by atoms with E-state index in [2.05, 4.69) is 10.2 Å². The first-order chi connectivity index (χ1) is 8.22. The van der Waals surface area contributed by atoms with Crippen LogP contribution in [0.1, 0.15) is 27.4 Å². The van der Waals surface area contributed by atoms with E-state index in [0.29, 0.717) is 12.0 Å². The second kappa shape index (κ2) is 4.42. The zero-order chi connectivity index (χ0) is 11.8. The Morgan fingerprint density at radius 1 is 1.41 bits per heavy atom. The predicted molar refractivity (Wildman–Crippen MR) is 69.5 cm³/mol. The Morgan fingerprint density at radius 2 is 2.18 bits per heavy atom. The molecule has 0 spiro atoms. The van der Waals surface area contributed by atoms with Crippen LogP contribution in [-0.2, 0) is 0 Å². The molecule has 0 aromatic carbocycles. The summed E-state index contributed by atoms with van der Waals surface area (Å²) in [5.74, 6) is 0.812. The van der Waals surface area contributed by atoms with Gasteiger partial charge < -0.3 is 10.2 Å². The molecule has 1 N–H and O–H groups in total. The van der Waals surface area contributed by atoms with E-state index in [0.717, 1.165) is 11.4 Å². The summed E-state index contributed by atoms with van der Waals surface area (Å²) in [7, 11) is 0. The third-order valence-corrected chi connectivity index (χ3v) is 4.94. The number of nitrogens with one attached hydrogen (secondary N) is 1. The zero-order valence-corrected chi connectivity index (χ0v) is 10.9. The van der Waals surface area contributed by atoms with E-state index in [9.17, 15) is 4.79 Å². The van der Waals surface area contributed by atoms with Crippen molar-refractivity contribution in [3.8, 4) is 0 Å². The van der Waals surface area contributed by atoms with Gasteiger partial charge in [-0.3, -0.25) is 4.79 Å². The first-order valence-corrected chi connectivity index (χ1v) is 7.13. The maximum atomic E-state index is 12.1. The molecular formula is C13H18N2OS. The van der Waals surface area contributed by atoms with Crippen LogP contribution < -0.4 is 5.32 Å². The lowest BCUT2D eigenvalue weighted by Gasteiger charge is -2.44. The van der Waals surface area contributed by atoms with E-state index >= 15 is 0 Å². The Balaban J connectivity index is 1.65. The van der Waals surface area contributed by atoms with E-state index in [4.69, 9.17) is 0 Å². The average molecular weight is 250 g/mol. The Hall–Kier alpha value is -0.870. The van der Waals surface area contributed by atoms with Crippen molar-refractivity contribution in [1.82, 2.24) is 10.2 Å². The van der Waals surface area contributed by atoms with Crippen molar-refractivity contribution in [3.63, 3.8) is 0 Å². The third kappa shape index (κ3) is 2.24. The molecule has 1 aromatic rings. The number of amides is 1. The number of carbonyl (C=O) groups excluding carboxylic acids is 1. The summed E-state index contributed by atoms with van der Waals surface area (Å²) in [4.78, 5) is 16.6. The number of rotatable bonds is 2. The van der Waals surface area contributed by atoms with Gasteiger partial charge in [-0.15, -0.1) is 11.3 Å². The van der Waals surface area contributed by atoms with Crippen LogP contribution >= 0.6 is 11.3 Å². The lowest BCUT2D eigenvalue weighted by Crippen LogP contribution is -2.57. The van der Waals surface area contributed by atoms with Gasteiger partial charge in [0, 0.05) is 17.5 Å². The van der Waals surface area contributed by atoms with Crippen molar-refractivity contribution in [2.45, 2.75) is 25.8 Å². The largest absolute Gasteiger partial charge is 0.347 e. The van der Waals surface area contributed by atoms with Gasteiger partial charge in [0.05, 0.1) is 4.88 Å². The van der Waals surface area contributed by atoms with E-state index in [1.807, 2.05) is 19.1 Å². The zero-order valence-electron chi connectivity index (χ0n) is 10.1. The minimum absolute atomic E-state index is 0.113. The fraction of sp³-hybridized carbons (Fsp3) is 0.615. The molecule has 2 bridgehead atoms. The Kier molecular flexibility index (Phi) is 2.92. The summed E-state index contributed by atoms with van der Waals surface area (Å²) in [6.45, 7) is 5.51. The number of hydrogen-bond donors (Lipinski definition) is 1. The topological polar surface area (TPSA) is 32.3 Å². The molecule has 3 fully saturated rings. The van der Waals surface area contributed by atoms with Gasteiger partial charge in [0.2, 0.25) is 0 Å². The van der Waals surface area contributed by atoms with Crippen molar-refractivity contribution in [3.05, 3.63) is 21.9 Å². The van der Waals surface area contributed by atoms with Gasteiger partial charge in [-0.05, 0) is 50.9 Å². The van der Waals surface area contributed by atoms with Gasteiger partial charge in [-0.2, -0.15) is 0 Å². The average Bonchev–Trinajstić information content (AvgIpc) is 2.77. The van der Waals surface area contributed by atoms with Crippen LogP contribution in [0.2, 0.25) is 0 Å². The van der Waals surface area contributed by atoms with Gasteiger partial charge in [0.1, 0.15) is 0 Å². The van der Waals surface area contributed by atoms with Gasteiger partial charge in [0.25, 0.3) is 5.91 Å². The van der Waals surface area contributed by atoms with E-state index in [1.165, 1.54) is 30.8 Å². The molecule has 0 radical (unpaired) electrons. The molecule has 1 aromatic heterocycles.